The molecule has 0 aliphatic rings. The lowest BCUT2D eigenvalue weighted by molar-refractivity contribution is -0.167. The molecule has 0 heterocycles. The van der Waals surface area contributed by atoms with Crippen LogP contribution in [0.3, 0.4) is 0 Å². The molecule has 6 nitrogen and oxygen atoms in total. The highest BCUT2D eigenvalue weighted by molar-refractivity contribution is 5.71. The van der Waals surface area contributed by atoms with E-state index < -0.39 is 6.10 Å². The minimum Gasteiger partial charge on any atom is -0.462 e. The van der Waals surface area contributed by atoms with Crippen molar-refractivity contribution in [3.8, 4) is 0 Å². The third-order valence-corrected chi connectivity index (χ3v) is 11.8. The van der Waals surface area contributed by atoms with Crippen LogP contribution in [0.5, 0.6) is 0 Å². The van der Waals surface area contributed by atoms with Crippen molar-refractivity contribution in [3.05, 3.63) is 12.2 Å². The highest BCUT2D eigenvalue weighted by Crippen LogP contribution is 2.16. The molecule has 0 aromatic heterocycles. The molecule has 1 atom stereocenters. The van der Waals surface area contributed by atoms with Gasteiger partial charge in [-0.05, 0) is 44.9 Å². The molecule has 0 aromatic rings. The van der Waals surface area contributed by atoms with Crippen LogP contribution in [-0.4, -0.2) is 37.2 Å². The second kappa shape index (κ2) is 48.8. The number of hydrogen-bond donors (Lipinski definition) is 0. The van der Waals surface area contributed by atoms with Crippen molar-refractivity contribution in [1.82, 2.24) is 0 Å². The van der Waals surface area contributed by atoms with Crippen molar-refractivity contribution in [2.75, 3.05) is 13.2 Å². The first-order valence-electron chi connectivity index (χ1n) is 26.2. The fraction of sp³-hybridized carbons (Fsp3) is 0.906. The standard InChI is InChI=1S/C53H100O6/c1-4-7-10-13-16-19-22-24-26-28-29-31-34-37-40-43-46-52(55)58-49-50(48-57-51(54)45-42-39-36-33-21-18-15-12-9-6-3)59-53(56)47-44-41-38-35-32-30-27-25-23-20-17-14-11-8-5-2/h26,28,50H,4-25,27,29-49H2,1-3H3/b28-26-. The summed E-state index contributed by atoms with van der Waals surface area (Å²) in [6.07, 6.45) is 53.4. The molecule has 0 aromatic carbocycles. The van der Waals surface area contributed by atoms with Crippen LogP contribution in [0.4, 0.5) is 0 Å². The Kier molecular flexibility index (Phi) is 47.3. The maximum atomic E-state index is 12.8. The SMILES string of the molecule is CCCCCCCCC/C=C\CCCCCCCC(=O)OCC(COC(=O)CCCCCCCCCCCC)OC(=O)CCCCCCCCCCCCCCCCC. The number of rotatable bonds is 48. The van der Waals surface area contributed by atoms with E-state index >= 15 is 0 Å². The predicted octanol–water partition coefficient (Wildman–Crippen LogP) is 17.0. The van der Waals surface area contributed by atoms with E-state index in [1.165, 1.54) is 186 Å². The second-order valence-corrected chi connectivity index (χ2v) is 17.8. The molecule has 348 valence electrons. The Hall–Kier alpha value is -1.85. The van der Waals surface area contributed by atoms with Crippen molar-refractivity contribution in [2.45, 2.75) is 297 Å². The van der Waals surface area contributed by atoms with Gasteiger partial charge in [-0.15, -0.1) is 0 Å². The lowest BCUT2D eigenvalue weighted by Crippen LogP contribution is -2.30. The van der Waals surface area contributed by atoms with Gasteiger partial charge in [0.2, 0.25) is 0 Å². The van der Waals surface area contributed by atoms with E-state index in [-0.39, 0.29) is 31.1 Å². The number of hydrogen-bond acceptors (Lipinski definition) is 6. The quantitative estimate of drug-likeness (QED) is 0.0263. The molecule has 0 aliphatic carbocycles. The van der Waals surface area contributed by atoms with Gasteiger partial charge in [-0.2, -0.15) is 0 Å². The average molecular weight is 833 g/mol. The Labute approximate surface area is 367 Å². The molecule has 1 unspecified atom stereocenters. The van der Waals surface area contributed by atoms with Gasteiger partial charge >= 0.3 is 17.9 Å². The summed E-state index contributed by atoms with van der Waals surface area (Å²) in [5, 5.41) is 0. The zero-order valence-electron chi connectivity index (χ0n) is 39.8. The van der Waals surface area contributed by atoms with Gasteiger partial charge in [-0.3, -0.25) is 14.4 Å². The van der Waals surface area contributed by atoms with Crippen LogP contribution in [0.25, 0.3) is 0 Å². The van der Waals surface area contributed by atoms with Crippen molar-refractivity contribution in [2.24, 2.45) is 0 Å². The highest BCUT2D eigenvalue weighted by Gasteiger charge is 2.19. The number of carbonyl (C=O) groups is 3. The predicted molar refractivity (Wildman–Crippen MR) is 252 cm³/mol. The minimum atomic E-state index is -0.765. The molecule has 0 saturated heterocycles. The molecule has 0 spiro atoms. The van der Waals surface area contributed by atoms with Crippen LogP contribution in [0.15, 0.2) is 12.2 Å². The van der Waals surface area contributed by atoms with Gasteiger partial charge in [0, 0.05) is 19.3 Å². The minimum absolute atomic E-state index is 0.0675. The topological polar surface area (TPSA) is 78.9 Å². The van der Waals surface area contributed by atoms with Crippen LogP contribution in [0, 0.1) is 0 Å². The van der Waals surface area contributed by atoms with Crippen LogP contribution >= 0.6 is 0 Å². The number of allylic oxidation sites excluding steroid dienone is 2. The summed E-state index contributed by atoms with van der Waals surface area (Å²) in [6.45, 7) is 6.65. The number of carbonyl (C=O) groups excluding carboxylic acids is 3. The third-order valence-electron chi connectivity index (χ3n) is 11.8. The zero-order valence-corrected chi connectivity index (χ0v) is 39.8. The molecule has 59 heavy (non-hydrogen) atoms. The smallest absolute Gasteiger partial charge is 0.306 e. The maximum absolute atomic E-state index is 12.8. The number of unbranched alkanes of at least 4 members (excludes halogenated alkanes) is 35. The summed E-state index contributed by atoms with van der Waals surface area (Å²) in [5.74, 6) is -0.861. The van der Waals surface area contributed by atoms with Crippen LogP contribution in [0.2, 0.25) is 0 Å². The van der Waals surface area contributed by atoms with Crippen molar-refractivity contribution < 1.29 is 28.6 Å². The Morgan fingerprint density at radius 2 is 0.559 bits per heavy atom. The molecule has 0 fully saturated rings. The molecular formula is C53H100O6. The molecule has 0 saturated carbocycles. The first kappa shape index (κ1) is 57.1. The Morgan fingerprint density at radius 1 is 0.322 bits per heavy atom. The van der Waals surface area contributed by atoms with Gasteiger partial charge in [0.15, 0.2) is 6.10 Å². The summed E-state index contributed by atoms with van der Waals surface area (Å²) >= 11 is 0. The molecular weight excluding hydrogens is 733 g/mol. The second-order valence-electron chi connectivity index (χ2n) is 17.8. The van der Waals surface area contributed by atoms with E-state index in [2.05, 4.69) is 32.9 Å². The van der Waals surface area contributed by atoms with E-state index in [1.807, 2.05) is 0 Å². The van der Waals surface area contributed by atoms with Crippen molar-refractivity contribution in [1.29, 1.82) is 0 Å². The first-order valence-corrected chi connectivity index (χ1v) is 26.2. The molecule has 0 aliphatic heterocycles. The van der Waals surface area contributed by atoms with Crippen LogP contribution in [0.1, 0.15) is 290 Å². The van der Waals surface area contributed by atoms with E-state index in [9.17, 15) is 14.4 Å². The number of esters is 3. The van der Waals surface area contributed by atoms with Gasteiger partial charge in [0.25, 0.3) is 0 Å². The Bertz CT molecular complexity index is 916. The molecule has 0 radical (unpaired) electrons. The summed E-state index contributed by atoms with van der Waals surface area (Å²) in [6, 6.07) is 0. The molecule has 6 heteroatoms. The van der Waals surface area contributed by atoms with Gasteiger partial charge in [0.1, 0.15) is 13.2 Å². The average Bonchev–Trinajstić information content (AvgIpc) is 3.23. The van der Waals surface area contributed by atoms with E-state index in [1.54, 1.807) is 0 Å². The fourth-order valence-corrected chi connectivity index (χ4v) is 7.79. The molecule has 0 N–H and O–H groups in total. The van der Waals surface area contributed by atoms with Crippen LogP contribution in [-0.2, 0) is 28.6 Å². The van der Waals surface area contributed by atoms with E-state index in [0.29, 0.717) is 19.3 Å². The summed E-state index contributed by atoms with van der Waals surface area (Å²) < 4.78 is 16.8. The van der Waals surface area contributed by atoms with E-state index in [4.69, 9.17) is 14.2 Å². The third kappa shape index (κ3) is 47.1. The Balaban J connectivity index is 4.31. The van der Waals surface area contributed by atoms with Crippen molar-refractivity contribution >= 4 is 17.9 Å². The van der Waals surface area contributed by atoms with Gasteiger partial charge in [-0.25, -0.2) is 0 Å². The monoisotopic (exact) mass is 833 g/mol. The Morgan fingerprint density at radius 3 is 0.847 bits per heavy atom. The zero-order chi connectivity index (χ0) is 43.0. The first-order chi connectivity index (χ1) is 29.0. The number of ether oxygens (including phenoxy) is 3. The normalized spacial score (nSPS) is 12.0. The molecule has 0 bridgehead atoms. The lowest BCUT2D eigenvalue weighted by atomic mass is 10.0. The van der Waals surface area contributed by atoms with Gasteiger partial charge in [0.05, 0.1) is 0 Å². The highest BCUT2D eigenvalue weighted by atomic mass is 16.6. The van der Waals surface area contributed by atoms with Gasteiger partial charge in [-0.1, -0.05) is 238 Å². The molecule has 0 amide bonds. The molecule has 0 rings (SSSR count). The van der Waals surface area contributed by atoms with Crippen molar-refractivity contribution in [3.63, 3.8) is 0 Å². The van der Waals surface area contributed by atoms with E-state index in [0.717, 1.165) is 64.2 Å². The fourth-order valence-electron chi connectivity index (χ4n) is 7.79. The lowest BCUT2D eigenvalue weighted by Gasteiger charge is -2.18. The van der Waals surface area contributed by atoms with Gasteiger partial charge < -0.3 is 14.2 Å². The summed E-state index contributed by atoms with van der Waals surface area (Å²) in [7, 11) is 0. The summed E-state index contributed by atoms with van der Waals surface area (Å²) in [4.78, 5) is 37.9. The largest absolute Gasteiger partial charge is 0.462 e. The maximum Gasteiger partial charge on any atom is 0.306 e. The van der Waals surface area contributed by atoms with Crippen LogP contribution < -0.4 is 0 Å². The summed E-state index contributed by atoms with van der Waals surface area (Å²) in [5.41, 5.74) is 0.